The number of H-pyrrole nitrogens is 1. The molecular weight excluding hydrogens is 268 g/mol. The third-order valence-corrected chi connectivity index (χ3v) is 3.22. The first kappa shape index (κ1) is 15.0. The average Bonchev–Trinajstić information content (AvgIpc) is 2.45. The number of amides is 1. The summed E-state index contributed by atoms with van der Waals surface area (Å²) in [7, 11) is 0. The molecule has 0 fully saturated rings. The molecule has 5 nitrogen and oxygen atoms in total. The van der Waals surface area contributed by atoms with Gasteiger partial charge in [0.05, 0.1) is 6.10 Å². The maximum absolute atomic E-state index is 11.9. The fourth-order valence-electron chi connectivity index (χ4n) is 1.94. The maximum atomic E-state index is 11.9. The third kappa shape index (κ3) is 3.79. The minimum atomic E-state index is -0.806. The molecule has 2 aromatic rings. The molecule has 1 amide bonds. The molecule has 0 saturated heterocycles. The van der Waals surface area contributed by atoms with E-state index in [1.165, 1.54) is 6.07 Å². The number of rotatable bonds is 4. The predicted molar refractivity (Wildman–Crippen MR) is 80.3 cm³/mol. The fourth-order valence-corrected chi connectivity index (χ4v) is 1.94. The van der Waals surface area contributed by atoms with Crippen molar-refractivity contribution in [1.82, 2.24) is 10.3 Å². The number of pyridine rings is 1. The molecule has 1 heterocycles. The van der Waals surface area contributed by atoms with E-state index in [9.17, 15) is 14.7 Å². The summed E-state index contributed by atoms with van der Waals surface area (Å²) in [5.74, 6) is -0.498. The standard InChI is InChI=1S/C16H18N2O3/c1-10-3-6-12(7-4-10)14(19)9-17-15(20)13-8-5-11(2)18-16(13)21/h3-8,14,19H,9H2,1-2H3,(H,17,20)(H,18,21)/t14-/m0/s1. The Labute approximate surface area is 122 Å². The van der Waals surface area contributed by atoms with Gasteiger partial charge in [0.1, 0.15) is 5.56 Å². The van der Waals surface area contributed by atoms with Crippen molar-refractivity contribution in [2.45, 2.75) is 20.0 Å². The lowest BCUT2D eigenvalue weighted by atomic mass is 10.1. The summed E-state index contributed by atoms with van der Waals surface area (Å²) in [5.41, 5.74) is 2.12. The Bertz CT molecular complexity index is 689. The molecule has 0 saturated carbocycles. The maximum Gasteiger partial charge on any atom is 0.260 e. The second-order valence-corrected chi connectivity index (χ2v) is 5.02. The van der Waals surface area contributed by atoms with Crippen LogP contribution in [0.5, 0.6) is 0 Å². The monoisotopic (exact) mass is 286 g/mol. The molecule has 0 aliphatic heterocycles. The van der Waals surface area contributed by atoms with E-state index in [2.05, 4.69) is 10.3 Å². The van der Waals surface area contributed by atoms with Crippen molar-refractivity contribution in [3.05, 3.63) is 69.1 Å². The quantitative estimate of drug-likeness (QED) is 0.795. The number of hydrogen-bond donors (Lipinski definition) is 3. The summed E-state index contributed by atoms with van der Waals surface area (Å²) >= 11 is 0. The van der Waals surface area contributed by atoms with Crippen LogP contribution in [0.25, 0.3) is 0 Å². The van der Waals surface area contributed by atoms with Gasteiger partial charge in [-0.2, -0.15) is 0 Å². The first-order chi connectivity index (χ1) is 9.97. The number of benzene rings is 1. The first-order valence-corrected chi connectivity index (χ1v) is 6.70. The summed E-state index contributed by atoms with van der Waals surface area (Å²) < 4.78 is 0. The highest BCUT2D eigenvalue weighted by molar-refractivity contribution is 5.93. The third-order valence-electron chi connectivity index (χ3n) is 3.22. The second-order valence-electron chi connectivity index (χ2n) is 5.02. The highest BCUT2D eigenvalue weighted by atomic mass is 16.3. The summed E-state index contributed by atoms with van der Waals surface area (Å²) in [6.45, 7) is 3.75. The number of aliphatic hydroxyl groups is 1. The lowest BCUT2D eigenvalue weighted by Crippen LogP contribution is -2.32. The lowest BCUT2D eigenvalue weighted by Gasteiger charge is -2.12. The van der Waals surface area contributed by atoms with Gasteiger partial charge in [0.2, 0.25) is 0 Å². The van der Waals surface area contributed by atoms with E-state index in [4.69, 9.17) is 0 Å². The van der Waals surface area contributed by atoms with Crippen LogP contribution in [0.2, 0.25) is 0 Å². The van der Waals surface area contributed by atoms with Gasteiger partial charge in [-0.1, -0.05) is 29.8 Å². The van der Waals surface area contributed by atoms with Gasteiger partial charge in [0.25, 0.3) is 11.5 Å². The van der Waals surface area contributed by atoms with Crippen LogP contribution in [0.15, 0.2) is 41.2 Å². The molecular formula is C16H18N2O3. The number of carbonyl (C=O) groups is 1. The largest absolute Gasteiger partial charge is 0.387 e. The summed E-state index contributed by atoms with van der Waals surface area (Å²) in [6, 6.07) is 10.5. The van der Waals surface area contributed by atoms with Crippen molar-refractivity contribution in [3.8, 4) is 0 Å². The Kier molecular flexibility index (Phi) is 4.55. The van der Waals surface area contributed by atoms with Crippen LogP contribution in [0.4, 0.5) is 0 Å². The van der Waals surface area contributed by atoms with Gasteiger partial charge in [0.15, 0.2) is 0 Å². The van der Waals surface area contributed by atoms with Crippen LogP contribution in [0.1, 0.15) is 33.3 Å². The first-order valence-electron chi connectivity index (χ1n) is 6.70. The molecule has 1 atom stereocenters. The van der Waals surface area contributed by atoms with E-state index in [1.807, 2.05) is 31.2 Å². The Balaban J connectivity index is 2.00. The minimum absolute atomic E-state index is 0.0386. The van der Waals surface area contributed by atoms with Crippen LogP contribution in [0, 0.1) is 13.8 Å². The van der Waals surface area contributed by atoms with E-state index >= 15 is 0 Å². The van der Waals surface area contributed by atoms with Crippen molar-refractivity contribution < 1.29 is 9.90 Å². The zero-order valence-electron chi connectivity index (χ0n) is 12.0. The minimum Gasteiger partial charge on any atom is -0.387 e. The van der Waals surface area contributed by atoms with Crippen molar-refractivity contribution >= 4 is 5.91 Å². The smallest absolute Gasteiger partial charge is 0.260 e. The predicted octanol–water partition coefficient (Wildman–Crippen LogP) is 1.46. The zero-order chi connectivity index (χ0) is 15.4. The van der Waals surface area contributed by atoms with Crippen molar-refractivity contribution in [1.29, 1.82) is 0 Å². The molecule has 2 rings (SSSR count). The molecule has 0 unspecified atom stereocenters. The highest BCUT2D eigenvalue weighted by Gasteiger charge is 2.13. The zero-order valence-corrected chi connectivity index (χ0v) is 12.0. The number of aryl methyl sites for hydroxylation is 2. The molecule has 1 aromatic heterocycles. The SMILES string of the molecule is Cc1ccc([C@@H](O)CNC(=O)c2ccc(C)[nH]c2=O)cc1. The van der Waals surface area contributed by atoms with Gasteiger partial charge in [0, 0.05) is 12.2 Å². The van der Waals surface area contributed by atoms with Crippen molar-refractivity contribution in [2.75, 3.05) is 6.54 Å². The van der Waals surface area contributed by atoms with Crippen LogP contribution in [0.3, 0.4) is 0 Å². The number of hydrogen-bond acceptors (Lipinski definition) is 3. The number of aliphatic hydroxyl groups excluding tert-OH is 1. The summed E-state index contributed by atoms with van der Waals surface area (Å²) in [6.07, 6.45) is -0.806. The molecule has 1 aromatic carbocycles. The molecule has 110 valence electrons. The Morgan fingerprint density at radius 2 is 1.86 bits per heavy atom. The van der Waals surface area contributed by atoms with E-state index in [1.54, 1.807) is 13.0 Å². The van der Waals surface area contributed by atoms with Crippen LogP contribution in [-0.4, -0.2) is 22.5 Å². The Morgan fingerprint density at radius 3 is 2.48 bits per heavy atom. The number of nitrogens with one attached hydrogen (secondary N) is 2. The topological polar surface area (TPSA) is 82.2 Å². The van der Waals surface area contributed by atoms with Gasteiger partial charge >= 0.3 is 0 Å². The van der Waals surface area contributed by atoms with E-state index in [0.717, 1.165) is 11.1 Å². The highest BCUT2D eigenvalue weighted by Crippen LogP contribution is 2.12. The van der Waals surface area contributed by atoms with Gasteiger partial charge in [-0.25, -0.2) is 0 Å². The molecule has 0 spiro atoms. The lowest BCUT2D eigenvalue weighted by molar-refractivity contribution is 0.0915. The van der Waals surface area contributed by atoms with Crippen molar-refractivity contribution in [2.24, 2.45) is 0 Å². The van der Waals surface area contributed by atoms with Gasteiger partial charge in [-0.15, -0.1) is 0 Å². The van der Waals surface area contributed by atoms with E-state index < -0.39 is 17.6 Å². The fraction of sp³-hybridized carbons (Fsp3) is 0.250. The summed E-state index contributed by atoms with van der Waals surface area (Å²) in [5, 5.41) is 12.6. The molecule has 0 radical (unpaired) electrons. The molecule has 0 aliphatic rings. The van der Waals surface area contributed by atoms with Gasteiger partial charge in [-0.05, 0) is 31.5 Å². The molecule has 0 bridgehead atoms. The van der Waals surface area contributed by atoms with E-state index in [0.29, 0.717) is 5.69 Å². The van der Waals surface area contributed by atoms with Gasteiger partial charge < -0.3 is 15.4 Å². The normalized spacial score (nSPS) is 12.0. The van der Waals surface area contributed by atoms with E-state index in [-0.39, 0.29) is 12.1 Å². The number of carbonyl (C=O) groups excluding carboxylic acids is 1. The number of aromatic nitrogens is 1. The van der Waals surface area contributed by atoms with Crippen LogP contribution >= 0.6 is 0 Å². The molecule has 21 heavy (non-hydrogen) atoms. The van der Waals surface area contributed by atoms with Gasteiger partial charge in [-0.3, -0.25) is 9.59 Å². The molecule has 0 aliphatic carbocycles. The number of aromatic amines is 1. The second kappa shape index (κ2) is 6.37. The molecule has 5 heteroatoms. The molecule has 3 N–H and O–H groups in total. The summed E-state index contributed by atoms with van der Waals surface area (Å²) in [4.78, 5) is 26.1. The Hall–Kier alpha value is -2.40. The average molecular weight is 286 g/mol. The van der Waals surface area contributed by atoms with Crippen LogP contribution in [-0.2, 0) is 0 Å². The Morgan fingerprint density at radius 1 is 1.19 bits per heavy atom. The van der Waals surface area contributed by atoms with Crippen molar-refractivity contribution in [3.63, 3.8) is 0 Å². The van der Waals surface area contributed by atoms with Crippen LogP contribution < -0.4 is 10.9 Å².